The fraction of sp³-hybridized carbons (Fsp3) is 0.200. The summed E-state index contributed by atoms with van der Waals surface area (Å²) in [5, 5.41) is 0. The van der Waals surface area contributed by atoms with Gasteiger partial charge >= 0.3 is 0 Å². The Bertz CT molecular complexity index is 648. The van der Waals surface area contributed by atoms with Gasteiger partial charge in [0.1, 0.15) is 30.5 Å². The molecular weight excluding hydrogens is 325 g/mol. The van der Waals surface area contributed by atoms with Gasteiger partial charge in [0.2, 0.25) is 0 Å². The largest absolute Gasteiger partial charge is 0.491 e. The Balaban J connectivity index is 1.71. The molecule has 2 aromatic carbocycles. The molecule has 20 heavy (non-hydrogen) atoms. The summed E-state index contributed by atoms with van der Waals surface area (Å²) in [6, 6.07) is 10.4. The molecule has 5 heteroatoms. The van der Waals surface area contributed by atoms with Gasteiger partial charge in [-0.1, -0.05) is 6.07 Å². The van der Waals surface area contributed by atoms with Crippen molar-refractivity contribution in [2.45, 2.75) is 12.6 Å². The van der Waals surface area contributed by atoms with Crippen LogP contribution < -0.4 is 15.2 Å². The number of hydrogen-bond donors (Lipinski definition) is 1. The van der Waals surface area contributed by atoms with Crippen LogP contribution in [0.25, 0.3) is 0 Å². The van der Waals surface area contributed by atoms with Crippen LogP contribution in [0.4, 0.5) is 4.39 Å². The molecule has 0 saturated heterocycles. The molecule has 1 aliphatic rings. The van der Waals surface area contributed by atoms with E-state index in [1.807, 2.05) is 18.2 Å². The third-order valence-corrected chi connectivity index (χ3v) is 3.80. The van der Waals surface area contributed by atoms with Gasteiger partial charge in [0.25, 0.3) is 0 Å². The summed E-state index contributed by atoms with van der Waals surface area (Å²) in [6.45, 7) is 0.868. The lowest BCUT2D eigenvalue weighted by molar-refractivity contribution is 0.300. The van der Waals surface area contributed by atoms with E-state index in [0.717, 1.165) is 16.9 Å². The summed E-state index contributed by atoms with van der Waals surface area (Å²) >= 11 is 3.16. The fourth-order valence-electron chi connectivity index (χ4n) is 2.10. The summed E-state index contributed by atoms with van der Waals surface area (Å²) in [4.78, 5) is 0. The molecule has 3 rings (SSSR count). The van der Waals surface area contributed by atoms with E-state index >= 15 is 0 Å². The van der Waals surface area contributed by atoms with Crippen LogP contribution in [0.3, 0.4) is 0 Å². The Morgan fingerprint density at radius 2 is 2.15 bits per heavy atom. The van der Waals surface area contributed by atoms with Crippen molar-refractivity contribution in [3.8, 4) is 11.5 Å². The molecule has 0 radical (unpaired) electrons. The van der Waals surface area contributed by atoms with Crippen molar-refractivity contribution in [2.24, 2.45) is 5.73 Å². The van der Waals surface area contributed by atoms with Gasteiger partial charge in [-0.3, -0.25) is 0 Å². The maximum Gasteiger partial charge on any atom is 0.137 e. The molecule has 0 saturated carbocycles. The number of fused-ring (bicyclic) bond motifs is 1. The van der Waals surface area contributed by atoms with Crippen molar-refractivity contribution in [2.75, 3.05) is 6.61 Å². The minimum absolute atomic E-state index is 0.0629. The van der Waals surface area contributed by atoms with Gasteiger partial charge < -0.3 is 15.2 Å². The van der Waals surface area contributed by atoms with E-state index in [0.29, 0.717) is 23.4 Å². The number of hydrogen-bond acceptors (Lipinski definition) is 3. The van der Waals surface area contributed by atoms with Crippen LogP contribution in [-0.2, 0) is 6.61 Å². The first-order chi connectivity index (χ1) is 9.63. The second-order valence-corrected chi connectivity index (χ2v) is 5.51. The molecule has 104 valence electrons. The smallest absolute Gasteiger partial charge is 0.137 e. The van der Waals surface area contributed by atoms with Crippen LogP contribution >= 0.6 is 15.9 Å². The first-order valence-electron chi connectivity index (χ1n) is 6.22. The summed E-state index contributed by atoms with van der Waals surface area (Å²) in [6.07, 6.45) is 0. The second kappa shape index (κ2) is 5.42. The molecule has 0 amide bonds. The van der Waals surface area contributed by atoms with Crippen molar-refractivity contribution in [3.05, 3.63) is 57.8 Å². The van der Waals surface area contributed by atoms with E-state index in [2.05, 4.69) is 15.9 Å². The number of rotatable bonds is 3. The molecule has 0 bridgehead atoms. The molecule has 2 aromatic rings. The zero-order chi connectivity index (χ0) is 14.1. The summed E-state index contributed by atoms with van der Waals surface area (Å²) in [5.41, 5.74) is 7.77. The lowest BCUT2D eigenvalue weighted by atomic mass is 10.1. The Morgan fingerprint density at radius 3 is 2.95 bits per heavy atom. The maximum absolute atomic E-state index is 13.1. The molecular formula is C15H13BrFNO2. The summed E-state index contributed by atoms with van der Waals surface area (Å²) in [7, 11) is 0. The number of halogens is 2. The average Bonchev–Trinajstić information content (AvgIpc) is 2.81. The molecule has 0 aliphatic carbocycles. The second-order valence-electron chi connectivity index (χ2n) is 4.65. The predicted molar refractivity (Wildman–Crippen MR) is 77.3 cm³/mol. The van der Waals surface area contributed by atoms with E-state index in [1.165, 1.54) is 6.07 Å². The molecule has 0 spiro atoms. The zero-order valence-electron chi connectivity index (χ0n) is 10.6. The highest BCUT2D eigenvalue weighted by atomic mass is 79.9. The van der Waals surface area contributed by atoms with E-state index in [4.69, 9.17) is 15.2 Å². The molecule has 1 heterocycles. The van der Waals surface area contributed by atoms with Crippen molar-refractivity contribution in [1.82, 2.24) is 0 Å². The minimum Gasteiger partial charge on any atom is -0.491 e. The van der Waals surface area contributed by atoms with E-state index < -0.39 is 0 Å². The van der Waals surface area contributed by atoms with Gasteiger partial charge in [0.05, 0.1) is 10.5 Å². The number of ether oxygens (including phenoxy) is 2. The van der Waals surface area contributed by atoms with Crippen LogP contribution in [0.5, 0.6) is 11.5 Å². The highest BCUT2D eigenvalue weighted by Crippen LogP contribution is 2.34. The van der Waals surface area contributed by atoms with Gasteiger partial charge in [0, 0.05) is 11.6 Å². The normalized spacial score (nSPS) is 16.6. The standard InChI is InChI=1S/C15H13BrFNO2/c16-12-5-9(1-4-13(12)17)7-19-10-2-3-11-14(18)8-20-15(11)6-10/h1-6,14H,7-8,18H2. The van der Waals surface area contributed by atoms with Crippen molar-refractivity contribution in [1.29, 1.82) is 0 Å². The first kappa shape index (κ1) is 13.4. The minimum atomic E-state index is -0.284. The molecule has 0 fully saturated rings. The van der Waals surface area contributed by atoms with Crippen molar-refractivity contribution in [3.63, 3.8) is 0 Å². The lowest BCUT2D eigenvalue weighted by Crippen LogP contribution is -2.10. The van der Waals surface area contributed by atoms with E-state index in [-0.39, 0.29) is 11.9 Å². The lowest BCUT2D eigenvalue weighted by Gasteiger charge is -2.08. The van der Waals surface area contributed by atoms with Gasteiger partial charge in [-0.25, -0.2) is 4.39 Å². The first-order valence-corrected chi connectivity index (χ1v) is 7.02. The molecule has 2 N–H and O–H groups in total. The van der Waals surface area contributed by atoms with E-state index in [9.17, 15) is 4.39 Å². The summed E-state index contributed by atoms with van der Waals surface area (Å²) < 4.78 is 24.7. The molecule has 1 aliphatic heterocycles. The fourth-order valence-corrected chi connectivity index (χ4v) is 2.53. The van der Waals surface area contributed by atoms with Gasteiger partial charge in [0.15, 0.2) is 0 Å². The highest BCUT2D eigenvalue weighted by Gasteiger charge is 2.20. The molecule has 0 aromatic heterocycles. The highest BCUT2D eigenvalue weighted by molar-refractivity contribution is 9.10. The number of nitrogens with two attached hydrogens (primary N) is 1. The predicted octanol–water partition coefficient (Wildman–Crippen LogP) is 3.56. The Hall–Kier alpha value is -1.59. The number of benzene rings is 2. The average molecular weight is 338 g/mol. The SMILES string of the molecule is NC1COc2cc(OCc3ccc(F)c(Br)c3)ccc21. The van der Waals surface area contributed by atoms with Crippen LogP contribution in [0.1, 0.15) is 17.2 Å². The quantitative estimate of drug-likeness (QED) is 0.931. The Kier molecular flexibility index (Phi) is 3.63. The molecule has 1 unspecified atom stereocenters. The Labute approximate surface area is 124 Å². The van der Waals surface area contributed by atoms with Gasteiger partial charge in [-0.05, 0) is 45.8 Å². The van der Waals surface area contributed by atoms with Crippen molar-refractivity contribution >= 4 is 15.9 Å². The van der Waals surface area contributed by atoms with E-state index in [1.54, 1.807) is 12.1 Å². The van der Waals surface area contributed by atoms with Crippen LogP contribution in [0.2, 0.25) is 0 Å². The Morgan fingerprint density at radius 1 is 1.30 bits per heavy atom. The van der Waals surface area contributed by atoms with Gasteiger partial charge in [-0.2, -0.15) is 0 Å². The monoisotopic (exact) mass is 337 g/mol. The third-order valence-electron chi connectivity index (χ3n) is 3.19. The molecule has 3 nitrogen and oxygen atoms in total. The third kappa shape index (κ3) is 2.64. The topological polar surface area (TPSA) is 44.5 Å². The van der Waals surface area contributed by atoms with Gasteiger partial charge in [-0.15, -0.1) is 0 Å². The maximum atomic E-state index is 13.1. The van der Waals surface area contributed by atoms with Crippen molar-refractivity contribution < 1.29 is 13.9 Å². The van der Waals surface area contributed by atoms with Crippen LogP contribution in [0.15, 0.2) is 40.9 Å². The zero-order valence-corrected chi connectivity index (χ0v) is 12.2. The van der Waals surface area contributed by atoms with Crippen LogP contribution in [0, 0.1) is 5.82 Å². The van der Waals surface area contributed by atoms with Crippen LogP contribution in [-0.4, -0.2) is 6.61 Å². The molecule has 1 atom stereocenters. The summed E-state index contributed by atoms with van der Waals surface area (Å²) in [5.74, 6) is 1.20.